The van der Waals surface area contributed by atoms with E-state index in [-0.39, 0.29) is 11.7 Å². The van der Waals surface area contributed by atoms with Crippen LogP contribution >= 0.6 is 11.6 Å². The number of amides is 1. The van der Waals surface area contributed by atoms with E-state index in [1.165, 1.54) is 13.0 Å². The van der Waals surface area contributed by atoms with Gasteiger partial charge in [-0.25, -0.2) is 0 Å². The number of halogens is 1. The summed E-state index contributed by atoms with van der Waals surface area (Å²) in [6.07, 6.45) is 3.22. The number of nitrogens with one attached hydrogen (secondary N) is 1. The van der Waals surface area contributed by atoms with Crippen LogP contribution in [0.3, 0.4) is 0 Å². The third-order valence-corrected chi connectivity index (χ3v) is 3.00. The first-order valence-electron chi connectivity index (χ1n) is 6.40. The highest BCUT2D eigenvalue weighted by Gasteiger charge is 2.02. The highest BCUT2D eigenvalue weighted by atomic mass is 35.5. The molecule has 106 valence electrons. The van der Waals surface area contributed by atoms with Gasteiger partial charge in [0, 0.05) is 23.2 Å². The standard InChI is InChI=1S/C17H14ClNO2/c1-12(20)19-16-8-5-13(6-9-16)7-10-17(21)14-3-2-4-15(18)11-14/h2-11H,1H3,(H,19,20)/b10-7+. The molecule has 0 saturated heterocycles. The molecule has 0 spiro atoms. The zero-order valence-corrected chi connectivity index (χ0v) is 12.2. The number of allylic oxidation sites excluding steroid dienone is 1. The maximum atomic E-state index is 12.0. The van der Waals surface area contributed by atoms with Gasteiger partial charge in [-0.1, -0.05) is 41.9 Å². The molecule has 21 heavy (non-hydrogen) atoms. The molecule has 0 saturated carbocycles. The third kappa shape index (κ3) is 4.58. The minimum atomic E-state index is -0.116. The number of benzene rings is 2. The molecule has 3 nitrogen and oxygen atoms in total. The average molecular weight is 300 g/mol. The van der Waals surface area contributed by atoms with Crippen LogP contribution in [0.15, 0.2) is 54.6 Å². The van der Waals surface area contributed by atoms with Gasteiger partial charge in [0.1, 0.15) is 0 Å². The maximum Gasteiger partial charge on any atom is 0.221 e. The van der Waals surface area contributed by atoms with Crippen LogP contribution in [0.4, 0.5) is 5.69 Å². The minimum absolute atomic E-state index is 0.108. The van der Waals surface area contributed by atoms with Gasteiger partial charge in [-0.15, -0.1) is 0 Å². The lowest BCUT2D eigenvalue weighted by Gasteiger charge is -2.01. The van der Waals surface area contributed by atoms with E-state index in [9.17, 15) is 9.59 Å². The largest absolute Gasteiger partial charge is 0.326 e. The Hall–Kier alpha value is -2.39. The van der Waals surface area contributed by atoms with Crippen LogP contribution in [0.5, 0.6) is 0 Å². The highest BCUT2D eigenvalue weighted by Crippen LogP contribution is 2.14. The van der Waals surface area contributed by atoms with Gasteiger partial charge < -0.3 is 5.32 Å². The summed E-state index contributed by atoms with van der Waals surface area (Å²) in [6, 6.07) is 14.0. The first kappa shape index (κ1) is 15.0. The molecule has 0 atom stereocenters. The van der Waals surface area contributed by atoms with E-state index in [1.807, 2.05) is 12.1 Å². The van der Waals surface area contributed by atoms with Crippen molar-refractivity contribution in [2.75, 3.05) is 5.32 Å². The molecule has 0 aliphatic heterocycles. The van der Waals surface area contributed by atoms with Gasteiger partial charge in [-0.2, -0.15) is 0 Å². The number of carbonyl (C=O) groups is 2. The molecule has 0 heterocycles. The van der Waals surface area contributed by atoms with E-state index in [0.29, 0.717) is 10.6 Å². The molecule has 0 aromatic heterocycles. The summed E-state index contributed by atoms with van der Waals surface area (Å²) >= 11 is 5.85. The Morgan fingerprint density at radius 3 is 2.43 bits per heavy atom. The van der Waals surface area contributed by atoms with Crippen molar-refractivity contribution in [3.05, 3.63) is 70.8 Å². The van der Waals surface area contributed by atoms with Crippen molar-refractivity contribution in [2.45, 2.75) is 6.92 Å². The fraction of sp³-hybridized carbons (Fsp3) is 0.0588. The summed E-state index contributed by atoms with van der Waals surface area (Å²) in [5, 5.41) is 3.22. The van der Waals surface area contributed by atoms with Crippen molar-refractivity contribution < 1.29 is 9.59 Å². The first-order valence-corrected chi connectivity index (χ1v) is 6.78. The maximum absolute atomic E-state index is 12.0. The van der Waals surface area contributed by atoms with Crippen molar-refractivity contribution in [2.24, 2.45) is 0 Å². The van der Waals surface area contributed by atoms with Gasteiger partial charge in [0.15, 0.2) is 5.78 Å². The SMILES string of the molecule is CC(=O)Nc1ccc(/C=C/C(=O)c2cccc(Cl)c2)cc1. The number of carbonyl (C=O) groups excluding carboxylic acids is 2. The van der Waals surface area contributed by atoms with Crippen LogP contribution in [0.25, 0.3) is 6.08 Å². The molecule has 0 aliphatic carbocycles. The normalized spacial score (nSPS) is 10.6. The van der Waals surface area contributed by atoms with E-state index >= 15 is 0 Å². The summed E-state index contributed by atoms with van der Waals surface area (Å²) in [5.41, 5.74) is 2.15. The summed E-state index contributed by atoms with van der Waals surface area (Å²) in [7, 11) is 0. The summed E-state index contributed by atoms with van der Waals surface area (Å²) in [6.45, 7) is 1.46. The Balaban J connectivity index is 2.07. The zero-order valence-electron chi connectivity index (χ0n) is 11.5. The summed E-state index contributed by atoms with van der Waals surface area (Å²) in [4.78, 5) is 22.9. The van der Waals surface area contributed by atoms with E-state index in [2.05, 4.69) is 5.32 Å². The lowest BCUT2D eigenvalue weighted by Crippen LogP contribution is -2.05. The van der Waals surface area contributed by atoms with Gasteiger partial charge >= 0.3 is 0 Å². The fourth-order valence-electron chi connectivity index (χ4n) is 1.79. The Labute approximate surface area is 128 Å². The molecule has 0 radical (unpaired) electrons. The molecule has 1 N–H and O–H groups in total. The van der Waals surface area contributed by atoms with Crippen LogP contribution in [-0.4, -0.2) is 11.7 Å². The molecule has 0 bridgehead atoms. The van der Waals surface area contributed by atoms with Crippen LogP contribution in [0.1, 0.15) is 22.8 Å². The lowest BCUT2D eigenvalue weighted by atomic mass is 10.1. The molecule has 2 aromatic carbocycles. The van der Waals surface area contributed by atoms with Gasteiger partial charge in [0.05, 0.1) is 0 Å². The third-order valence-electron chi connectivity index (χ3n) is 2.77. The fourth-order valence-corrected chi connectivity index (χ4v) is 1.98. The van der Waals surface area contributed by atoms with Crippen LogP contribution in [0.2, 0.25) is 5.02 Å². The van der Waals surface area contributed by atoms with Gasteiger partial charge in [-0.05, 0) is 35.9 Å². The van der Waals surface area contributed by atoms with Crippen LogP contribution in [0, 0.1) is 0 Å². The molecule has 0 fully saturated rings. The molecule has 0 unspecified atom stereocenters. The predicted molar refractivity (Wildman–Crippen MR) is 85.6 cm³/mol. The summed E-state index contributed by atoms with van der Waals surface area (Å²) in [5.74, 6) is -0.224. The molecule has 2 rings (SSSR count). The number of hydrogen-bond donors (Lipinski definition) is 1. The number of ketones is 1. The second-order valence-corrected chi connectivity index (χ2v) is 4.95. The first-order chi connectivity index (χ1) is 10.0. The van der Waals surface area contributed by atoms with E-state index < -0.39 is 0 Å². The number of rotatable bonds is 4. The predicted octanol–water partition coefficient (Wildman–Crippen LogP) is 4.19. The van der Waals surface area contributed by atoms with Gasteiger partial charge in [-0.3, -0.25) is 9.59 Å². The summed E-state index contributed by atoms with van der Waals surface area (Å²) < 4.78 is 0. The Morgan fingerprint density at radius 2 is 1.81 bits per heavy atom. The van der Waals surface area contributed by atoms with Crippen LogP contribution < -0.4 is 5.32 Å². The second-order valence-electron chi connectivity index (χ2n) is 4.51. The van der Waals surface area contributed by atoms with Crippen molar-refractivity contribution >= 4 is 35.1 Å². The Morgan fingerprint density at radius 1 is 1.10 bits per heavy atom. The Kier molecular flexibility index (Phi) is 4.90. The number of hydrogen-bond acceptors (Lipinski definition) is 2. The van der Waals surface area contributed by atoms with E-state index in [0.717, 1.165) is 11.3 Å². The van der Waals surface area contributed by atoms with Crippen molar-refractivity contribution in [1.29, 1.82) is 0 Å². The highest BCUT2D eigenvalue weighted by molar-refractivity contribution is 6.31. The van der Waals surface area contributed by atoms with Crippen molar-refractivity contribution in [1.82, 2.24) is 0 Å². The second kappa shape index (κ2) is 6.86. The quantitative estimate of drug-likeness (QED) is 0.679. The smallest absolute Gasteiger partial charge is 0.221 e. The van der Waals surface area contributed by atoms with Crippen molar-refractivity contribution in [3.63, 3.8) is 0 Å². The van der Waals surface area contributed by atoms with Crippen LogP contribution in [-0.2, 0) is 4.79 Å². The lowest BCUT2D eigenvalue weighted by molar-refractivity contribution is -0.114. The molecule has 1 amide bonds. The monoisotopic (exact) mass is 299 g/mol. The molecule has 4 heteroatoms. The average Bonchev–Trinajstić information content (AvgIpc) is 2.45. The van der Waals surface area contributed by atoms with Crippen molar-refractivity contribution in [3.8, 4) is 0 Å². The minimum Gasteiger partial charge on any atom is -0.326 e. The van der Waals surface area contributed by atoms with Gasteiger partial charge in [0.2, 0.25) is 5.91 Å². The van der Waals surface area contributed by atoms with E-state index in [4.69, 9.17) is 11.6 Å². The Bertz CT molecular complexity index is 690. The molecule has 0 aliphatic rings. The molecular weight excluding hydrogens is 286 g/mol. The van der Waals surface area contributed by atoms with E-state index in [1.54, 1.807) is 42.5 Å². The van der Waals surface area contributed by atoms with Gasteiger partial charge in [0.25, 0.3) is 0 Å². The zero-order chi connectivity index (χ0) is 15.2. The topological polar surface area (TPSA) is 46.2 Å². The molecule has 2 aromatic rings. The number of anilines is 1. The molecular formula is C17H14ClNO2.